The Morgan fingerprint density at radius 2 is 2.12 bits per heavy atom. The Labute approximate surface area is 147 Å². The molecule has 1 aliphatic carbocycles. The maximum atomic E-state index is 12.2. The second-order valence-electron chi connectivity index (χ2n) is 6.89. The first-order valence-corrected chi connectivity index (χ1v) is 8.99. The monoisotopic (exact) mass is 343 g/mol. The molecule has 0 spiro atoms. The Morgan fingerprint density at radius 3 is 2.92 bits per heavy atom. The minimum Gasteiger partial charge on any atom is -0.389 e. The molecule has 1 amide bonds. The van der Waals surface area contributed by atoms with Crippen LogP contribution in [0, 0.1) is 5.92 Å². The molecule has 1 atom stereocenters. The summed E-state index contributed by atoms with van der Waals surface area (Å²) >= 11 is 0. The van der Waals surface area contributed by atoms with Crippen LogP contribution >= 0.6 is 0 Å². The van der Waals surface area contributed by atoms with Crippen LogP contribution in [-0.2, 0) is 4.79 Å². The van der Waals surface area contributed by atoms with Gasteiger partial charge in [0.05, 0.1) is 5.70 Å². The van der Waals surface area contributed by atoms with Gasteiger partial charge in [0.15, 0.2) is 0 Å². The van der Waals surface area contributed by atoms with Crippen LogP contribution < -0.4 is 21.3 Å². The molecule has 0 aromatic carbocycles. The van der Waals surface area contributed by atoms with Crippen LogP contribution in [0.15, 0.2) is 23.7 Å². The van der Waals surface area contributed by atoms with Crippen molar-refractivity contribution in [2.45, 2.75) is 25.3 Å². The summed E-state index contributed by atoms with van der Waals surface area (Å²) in [7, 11) is 1.92. The molecule has 3 aliphatic rings. The number of likely N-dealkylation sites (N-methyl/N-ethyl adjacent to an activating group) is 1. The van der Waals surface area contributed by atoms with Gasteiger partial charge in [0.25, 0.3) is 0 Å². The number of carbonyl (C=O) groups excluding carboxylic acids is 1. The predicted octanol–water partition coefficient (Wildman–Crippen LogP) is 0.346. The summed E-state index contributed by atoms with van der Waals surface area (Å²) in [6.45, 7) is 3.20. The highest BCUT2D eigenvalue weighted by molar-refractivity contribution is 5.81. The van der Waals surface area contributed by atoms with Crippen LogP contribution in [0.2, 0.25) is 0 Å². The van der Waals surface area contributed by atoms with Gasteiger partial charge in [-0.1, -0.05) is 0 Å². The first-order chi connectivity index (χ1) is 12.2. The van der Waals surface area contributed by atoms with Gasteiger partial charge >= 0.3 is 0 Å². The molecular formula is C17H25N7O. The van der Waals surface area contributed by atoms with E-state index in [9.17, 15) is 4.79 Å². The maximum Gasteiger partial charge on any atom is 0.225 e. The highest BCUT2D eigenvalue weighted by Crippen LogP contribution is 2.32. The molecule has 0 unspecified atom stereocenters. The fourth-order valence-electron chi connectivity index (χ4n) is 3.39. The average Bonchev–Trinajstić information content (AvgIpc) is 3.21. The minimum atomic E-state index is 0.221. The SMILES string of the molecule is CNC1=C(Nc2ccnc(N[C@@H]3CCN(C(=O)C4CC4)C3)n2)CNC1. The number of aromatic nitrogens is 2. The standard InChI is InChI=1S/C17H25N7O/c1-18-13-8-19-9-14(13)22-15-4-6-20-17(23-15)21-12-5-7-24(10-12)16(25)11-2-3-11/h4,6,11-12,18-19H,2-3,5,7-10H2,1H3,(H2,20,21,22,23)/t12-/m1/s1. The molecule has 1 aromatic heterocycles. The third-order valence-corrected chi connectivity index (χ3v) is 4.96. The zero-order chi connectivity index (χ0) is 17.2. The fourth-order valence-corrected chi connectivity index (χ4v) is 3.39. The largest absolute Gasteiger partial charge is 0.389 e. The lowest BCUT2D eigenvalue weighted by Gasteiger charge is -2.17. The van der Waals surface area contributed by atoms with Gasteiger partial charge in [-0.25, -0.2) is 4.98 Å². The molecule has 134 valence electrons. The van der Waals surface area contributed by atoms with Gasteiger partial charge in [0.2, 0.25) is 11.9 Å². The molecule has 4 N–H and O–H groups in total. The van der Waals surface area contributed by atoms with E-state index in [1.54, 1.807) is 6.20 Å². The van der Waals surface area contributed by atoms with Crippen molar-refractivity contribution < 1.29 is 4.79 Å². The van der Waals surface area contributed by atoms with Crippen LogP contribution in [0.4, 0.5) is 11.8 Å². The van der Waals surface area contributed by atoms with E-state index < -0.39 is 0 Å². The summed E-state index contributed by atoms with van der Waals surface area (Å²) in [5, 5.41) is 13.2. The lowest BCUT2D eigenvalue weighted by molar-refractivity contribution is -0.131. The van der Waals surface area contributed by atoms with Crippen molar-refractivity contribution >= 4 is 17.7 Å². The topological polar surface area (TPSA) is 94.2 Å². The van der Waals surface area contributed by atoms with Gasteiger partial charge in [-0.3, -0.25) is 4.79 Å². The number of hydrogen-bond acceptors (Lipinski definition) is 7. The second kappa shape index (κ2) is 6.87. The van der Waals surface area contributed by atoms with Crippen LogP contribution in [0.25, 0.3) is 0 Å². The molecule has 8 heteroatoms. The van der Waals surface area contributed by atoms with Crippen molar-refractivity contribution in [3.8, 4) is 0 Å². The number of hydrogen-bond donors (Lipinski definition) is 4. The molecule has 4 rings (SSSR count). The van der Waals surface area contributed by atoms with Gasteiger partial charge in [0.1, 0.15) is 5.82 Å². The Balaban J connectivity index is 1.36. The number of amides is 1. The quantitative estimate of drug-likeness (QED) is 0.592. The van der Waals surface area contributed by atoms with Crippen molar-refractivity contribution in [2.75, 3.05) is 43.9 Å². The smallest absolute Gasteiger partial charge is 0.225 e. The van der Waals surface area contributed by atoms with Crippen LogP contribution in [0.5, 0.6) is 0 Å². The lowest BCUT2D eigenvalue weighted by atomic mass is 10.3. The Kier molecular flexibility index (Phi) is 4.44. The molecule has 2 aliphatic heterocycles. The van der Waals surface area contributed by atoms with E-state index in [1.165, 1.54) is 0 Å². The number of carbonyl (C=O) groups is 1. The normalized spacial score (nSPS) is 23.1. The van der Waals surface area contributed by atoms with Crippen molar-refractivity contribution in [3.63, 3.8) is 0 Å². The highest BCUT2D eigenvalue weighted by atomic mass is 16.2. The molecule has 0 bridgehead atoms. The Morgan fingerprint density at radius 1 is 1.28 bits per heavy atom. The van der Waals surface area contributed by atoms with Crippen molar-refractivity contribution in [3.05, 3.63) is 23.7 Å². The highest BCUT2D eigenvalue weighted by Gasteiger charge is 2.36. The van der Waals surface area contributed by atoms with E-state index in [0.29, 0.717) is 11.9 Å². The molecule has 3 heterocycles. The van der Waals surface area contributed by atoms with Crippen LogP contribution in [0.1, 0.15) is 19.3 Å². The summed E-state index contributed by atoms with van der Waals surface area (Å²) in [5.41, 5.74) is 2.26. The van der Waals surface area contributed by atoms with Crippen molar-refractivity contribution in [1.82, 2.24) is 25.5 Å². The Hall–Kier alpha value is -2.35. The zero-order valence-electron chi connectivity index (χ0n) is 14.5. The van der Waals surface area contributed by atoms with E-state index in [0.717, 1.165) is 62.7 Å². The number of anilines is 2. The van der Waals surface area contributed by atoms with E-state index in [4.69, 9.17) is 0 Å². The fraction of sp³-hybridized carbons (Fsp3) is 0.588. The summed E-state index contributed by atoms with van der Waals surface area (Å²) in [6, 6.07) is 2.08. The van der Waals surface area contributed by atoms with E-state index in [-0.39, 0.29) is 12.0 Å². The third kappa shape index (κ3) is 3.68. The van der Waals surface area contributed by atoms with Crippen molar-refractivity contribution in [2.24, 2.45) is 5.92 Å². The zero-order valence-corrected chi connectivity index (χ0v) is 14.5. The van der Waals surface area contributed by atoms with E-state index in [2.05, 4.69) is 31.2 Å². The summed E-state index contributed by atoms with van der Waals surface area (Å²) in [5.74, 6) is 1.99. The van der Waals surface area contributed by atoms with E-state index in [1.807, 2.05) is 18.0 Å². The van der Waals surface area contributed by atoms with Crippen LogP contribution in [0.3, 0.4) is 0 Å². The summed E-state index contributed by atoms with van der Waals surface area (Å²) < 4.78 is 0. The molecule has 1 saturated carbocycles. The first-order valence-electron chi connectivity index (χ1n) is 8.99. The van der Waals surface area contributed by atoms with E-state index >= 15 is 0 Å². The third-order valence-electron chi connectivity index (χ3n) is 4.96. The Bertz CT molecular complexity index is 685. The molecule has 8 nitrogen and oxygen atoms in total. The molecule has 1 saturated heterocycles. The molecule has 25 heavy (non-hydrogen) atoms. The van der Waals surface area contributed by atoms with Crippen molar-refractivity contribution in [1.29, 1.82) is 0 Å². The number of rotatable bonds is 6. The predicted molar refractivity (Wildman–Crippen MR) is 95.9 cm³/mol. The molecule has 1 aromatic rings. The van der Waals surface area contributed by atoms with Crippen LogP contribution in [-0.4, -0.2) is 60.0 Å². The number of likely N-dealkylation sites (tertiary alicyclic amines) is 1. The molecule has 2 fully saturated rings. The van der Waals surface area contributed by atoms with Gasteiger partial charge in [-0.15, -0.1) is 0 Å². The second-order valence-corrected chi connectivity index (χ2v) is 6.89. The van der Waals surface area contributed by atoms with Gasteiger partial charge in [-0.2, -0.15) is 4.98 Å². The number of nitrogens with zero attached hydrogens (tertiary/aromatic N) is 3. The summed E-state index contributed by atoms with van der Waals surface area (Å²) in [4.78, 5) is 23.0. The first kappa shape index (κ1) is 16.1. The minimum absolute atomic E-state index is 0.221. The molecular weight excluding hydrogens is 318 g/mol. The van der Waals surface area contributed by atoms with Gasteiger partial charge < -0.3 is 26.2 Å². The lowest BCUT2D eigenvalue weighted by Crippen LogP contribution is -2.32. The van der Waals surface area contributed by atoms with Gasteiger partial charge in [-0.05, 0) is 25.3 Å². The molecule has 0 radical (unpaired) electrons. The summed E-state index contributed by atoms with van der Waals surface area (Å²) in [6.07, 6.45) is 4.81. The van der Waals surface area contributed by atoms with Gasteiger partial charge in [0, 0.05) is 57.1 Å². The maximum absolute atomic E-state index is 12.2. The number of nitrogens with one attached hydrogen (secondary N) is 4. The average molecular weight is 343 g/mol.